The average Bonchev–Trinajstić information content (AvgIpc) is 2.84. The fourth-order valence-corrected chi connectivity index (χ4v) is 4.26. The molecule has 6 saturated heterocycles. The Kier molecular flexibility index (Phi) is 11.7. The van der Waals surface area contributed by atoms with Crippen molar-refractivity contribution in [3.8, 4) is 0 Å². The van der Waals surface area contributed by atoms with Gasteiger partial charge in [0, 0.05) is 91.6 Å². The van der Waals surface area contributed by atoms with Crippen LogP contribution in [0.3, 0.4) is 0 Å². The summed E-state index contributed by atoms with van der Waals surface area (Å²) in [7, 11) is 0. The van der Waals surface area contributed by atoms with Gasteiger partial charge in [0.1, 0.15) is 12.1 Å². The van der Waals surface area contributed by atoms with E-state index in [-0.39, 0.29) is 24.0 Å². The van der Waals surface area contributed by atoms with Gasteiger partial charge >= 0.3 is 5.97 Å². The van der Waals surface area contributed by atoms with Crippen molar-refractivity contribution in [3.63, 3.8) is 0 Å². The fourth-order valence-electron chi connectivity index (χ4n) is 4.26. The van der Waals surface area contributed by atoms with Crippen molar-refractivity contribution < 1.29 is 14.3 Å². The van der Waals surface area contributed by atoms with Crippen LogP contribution in [0.15, 0.2) is 0 Å². The fraction of sp³-hybridized carbons (Fsp3) is 0.900. The third kappa shape index (κ3) is 7.94. The highest BCUT2D eigenvalue weighted by Gasteiger charge is 2.37. The number of hydrogen-bond acceptors (Lipinski definition) is 10. The molecule has 31 heavy (non-hydrogen) atoms. The number of hydrogen-bond donors (Lipinski definition) is 4. The Morgan fingerprint density at radius 1 is 0.806 bits per heavy atom. The summed E-state index contributed by atoms with van der Waals surface area (Å²) < 4.78 is 5.03. The molecule has 2 unspecified atom stereocenters. The van der Waals surface area contributed by atoms with E-state index in [9.17, 15) is 9.59 Å². The zero-order chi connectivity index (χ0) is 22.6. The lowest BCUT2D eigenvalue weighted by molar-refractivity contribution is -0.155. The number of carbonyl (C=O) groups is 2. The predicted octanol–water partition coefficient (Wildman–Crippen LogP) is -3.49. The molecule has 6 heterocycles. The molecule has 6 fully saturated rings. The molecule has 0 aromatic carbocycles. The van der Waals surface area contributed by atoms with Crippen molar-refractivity contribution in [3.05, 3.63) is 0 Å². The third-order valence-electron chi connectivity index (χ3n) is 6.03. The third-order valence-corrected chi connectivity index (χ3v) is 6.03. The van der Waals surface area contributed by atoms with Gasteiger partial charge in [0.25, 0.3) is 0 Å². The second-order valence-corrected chi connectivity index (χ2v) is 8.11. The zero-order valence-electron chi connectivity index (χ0n) is 19.0. The monoisotopic (exact) mass is 442 g/mol. The molecule has 6 rings (SSSR count). The molecule has 0 aromatic heterocycles. The minimum absolute atomic E-state index is 0.00227. The van der Waals surface area contributed by atoms with E-state index in [1.165, 1.54) is 0 Å². The normalized spacial score (nSPS) is 32.8. The summed E-state index contributed by atoms with van der Waals surface area (Å²) in [6, 6.07) is 0.0616. The van der Waals surface area contributed by atoms with E-state index < -0.39 is 0 Å². The maximum atomic E-state index is 11.7. The number of nitrogens with one attached hydrogen (secondary N) is 1. The van der Waals surface area contributed by atoms with E-state index in [4.69, 9.17) is 21.9 Å². The van der Waals surface area contributed by atoms with Gasteiger partial charge in [0.15, 0.2) is 0 Å². The quantitative estimate of drug-likeness (QED) is 0.306. The maximum Gasteiger partial charge on any atom is 0.324 e. The van der Waals surface area contributed by atoms with Crippen molar-refractivity contribution in [1.29, 1.82) is 0 Å². The SMILES string of the molecule is CCOC(=O)C1CN2CCN1CC2.NCCN.NCCNC(=O)C1CN2CCN1CC2. The van der Waals surface area contributed by atoms with Gasteiger partial charge in [-0.25, -0.2) is 0 Å². The maximum absolute atomic E-state index is 11.7. The molecule has 0 radical (unpaired) electrons. The molecular weight excluding hydrogens is 400 g/mol. The van der Waals surface area contributed by atoms with Gasteiger partial charge in [-0.05, 0) is 6.92 Å². The molecule has 0 saturated carbocycles. The topological polar surface area (TPSA) is 146 Å². The summed E-state index contributed by atoms with van der Waals surface area (Å²) in [5.74, 6) is 0.0896. The van der Waals surface area contributed by atoms with Gasteiger partial charge in [-0.3, -0.25) is 29.2 Å². The first-order valence-electron chi connectivity index (χ1n) is 11.5. The first-order valence-corrected chi connectivity index (χ1v) is 11.5. The summed E-state index contributed by atoms with van der Waals surface area (Å²) in [5, 5.41) is 2.85. The number of fused-ring (bicyclic) bond motifs is 6. The largest absolute Gasteiger partial charge is 0.465 e. The molecule has 7 N–H and O–H groups in total. The molecule has 0 spiro atoms. The lowest BCUT2D eigenvalue weighted by atomic mass is 10.1. The second kappa shape index (κ2) is 13.9. The Balaban J connectivity index is 0.000000189. The summed E-state index contributed by atoms with van der Waals surface area (Å²) in [4.78, 5) is 32.4. The van der Waals surface area contributed by atoms with Crippen LogP contribution in [0.5, 0.6) is 0 Å². The molecule has 2 atom stereocenters. The van der Waals surface area contributed by atoms with Crippen LogP contribution in [-0.4, -0.2) is 142 Å². The molecule has 0 aliphatic carbocycles. The van der Waals surface area contributed by atoms with Gasteiger partial charge in [-0.1, -0.05) is 0 Å². The van der Waals surface area contributed by atoms with Crippen molar-refractivity contribution in [2.24, 2.45) is 17.2 Å². The van der Waals surface area contributed by atoms with Crippen molar-refractivity contribution >= 4 is 11.9 Å². The highest BCUT2D eigenvalue weighted by molar-refractivity contribution is 5.82. The van der Waals surface area contributed by atoms with Gasteiger partial charge < -0.3 is 27.3 Å². The molecule has 6 aliphatic heterocycles. The zero-order valence-corrected chi connectivity index (χ0v) is 19.0. The number of esters is 1. The van der Waals surface area contributed by atoms with E-state index in [0.717, 1.165) is 65.4 Å². The minimum Gasteiger partial charge on any atom is -0.465 e. The molecule has 1 amide bonds. The standard InChI is InChI=1S/C9H18N4O.C9H16N2O2.C2H8N2/c10-1-2-11-9(14)8-7-12-3-5-13(8)6-4-12;1-2-13-9(12)8-7-10-3-5-11(8)6-4-10;3-1-2-4/h8H,1-7,10H2,(H,11,14);8H,2-7H2,1H3;1-4H2. The lowest BCUT2D eigenvalue weighted by Gasteiger charge is -2.46. The van der Waals surface area contributed by atoms with Crippen LogP contribution >= 0.6 is 0 Å². The Morgan fingerprint density at radius 2 is 1.29 bits per heavy atom. The highest BCUT2D eigenvalue weighted by Crippen LogP contribution is 2.16. The van der Waals surface area contributed by atoms with Crippen LogP contribution in [-0.2, 0) is 14.3 Å². The molecule has 11 nitrogen and oxygen atoms in total. The summed E-state index contributed by atoms with van der Waals surface area (Å²) in [6.07, 6.45) is 0. The van der Waals surface area contributed by atoms with E-state index >= 15 is 0 Å². The summed E-state index contributed by atoms with van der Waals surface area (Å²) >= 11 is 0. The van der Waals surface area contributed by atoms with Gasteiger partial charge in [-0.15, -0.1) is 0 Å². The Hall–Kier alpha value is -1.34. The summed E-state index contributed by atoms with van der Waals surface area (Å²) in [6.45, 7) is 14.9. The minimum atomic E-state index is -0.0492. The van der Waals surface area contributed by atoms with E-state index in [2.05, 4.69) is 24.9 Å². The average molecular weight is 443 g/mol. The lowest BCUT2D eigenvalue weighted by Crippen LogP contribution is -2.65. The molecule has 180 valence electrons. The van der Waals surface area contributed by atoms with Crippen molar-refractivity contribution in [2.45, 2.75) is 19.0 Å². The van der Waals surface area contributed by atoms with E-state index in [1.807, 2.05) is 6.92 Å². The number of rotatable bonds is 6. The van der Waals surface area contributed by atoms with Crippen LogP contribution < -0.4 is 22.5 Å². The van der Waals surface area contributed by atoms with Crippen molar-refractivity contribution in [2.75, 3.05) is 98.2 Å². The Bertz CT molecular complexity index is 535. The Labute approximate surface area is 186 Å². The van der Waals surface area contributed by atoms with Crippen molar-refractivity contribution in [1.82, 2.24) is 24.9 Å². The van der Waals surface area contributed by atoms with E-state index in [0.29, 0.717) is 32.8 Å². The highest BCUT2D eigenvalue weighted by atomic mass is 16.5. The predicted molar refractivity (Wildman–Crippen MR) is 120 cm³/mol. The number of piperazine rings is 6. The van der Waals surface area contributed by atoms with E-state index in [1.54, 1.807) is 0 Å². The van der Waals surface area contributed by atoms with Gasteiger partial charge in [0.05, 0.1) is 6.61 Å². The Morgan fingerprint density at radius 3 is 1.65 bits per heavy atom. The van der Waals surface area contributed by atoms with Crippen LogP contribution in [0.4, 0.5) is 0 Å². The number of ether oxygens (including phenoxy) is 1. The van der Waals surface area contributed by atoms with Gasteiger partial charge in [0.2, 0.25) is 5.91 Å². The van der Waals surface area contributed by atoms with Crippen LogP contribution in [0.2, 0.25) is 0 Å². The number of amides is 1. The molecule has 0 aromatic rings. The van der Waals surface area contributed by atoms with Crippen LogP contribution in [0.1, 0.15) is 6.92 Å². The first kappa shape index (κ1) is 25.9. The molecule has 11 heteroatoms. The molecular formula is C20H42N8O3. The first-order chi connectivity index (χ1) is 15.0. The number of nitrogens with two attached hydrogens (primary N) is 3. The van der Waals surface area contributed by atoms with Crippen LogP contribution in [0, 0.1) is 0 Å². The molecule has 4 bridgehead atoms. The molecule has 6 aliphatic rings. The number of carbonyl (C=O) groups excluding carboxylic acids is 2. The smallest absolute Gasteiger partial charge is 0.324 e. The summed E-state index contributed by atoms with van der Waals surface area (Å²) in [5.41, 5.74) is 15.1. The van der Waals surface area contributed by atoms with Crippen LogP contribution in [0.25, 0.3) is 0 Å². The number of nitrogens with zero attached hydrogens (tertiary/aromatic N) is 4. The van der Waals surface area contributed by atoms with Gasteiger partial charge in [-0.2, -0.15) is 0 Å². The second-order valence-electron chi connectivity index (χ2n) is 8.11.